The quantitative estimate of drug-likeness (QED) is 0.581. The van der Waals surface area contributed by atoms with E-state index in [1.807, 2.05) is 0 Å². The highest BCUT2D eigenvalue weighted by atomic mass is 16.5. The number of ether oxygens (including phenoxy) is 1. The van der Waals surface area contributed by atoms with E-state index in [1.165, 1.54) is 16.8 Å². The highest BCUT2D eigenvalue weighted by molar-refractivity contribution is 6.03. The van der Waals surface area contributed by atoms with Crippen molar-refractivity contribution < 1.29 is 13.9 Å². The van der Waals surface area contributed by atoms with Gasteiger partial charge >= 0.3 is 0 Å². The van der Waals surface area contributed by atoms with Crippen molar-refractivity contribution in [3.63, 3.8) is 0 Å². The van der Waals surface area contributed by atoms with Gasteiger partial charge in [0.05, 0.1) is 13.4 Å². The predicted molar refractivity (Wildman–Crippen MR) is 92.3 cm³/mol. The fourth-order valence-electron chi connectivity index (χ4n) is 2.42. The van der Waals surface area contributed by atoms with Gasteiger partial charge in [-0.25, -0.2) is 0 Å². The van der Waals surface area contributed by atoms with Crippen LogP contribution in [0.15, 0.2) is 57.9 Å². The Morgan fingerprint density at radius 3 is 2.77 bits per heavy atom. The van der Waals surface area contributed by atoms with Crippen molar-refractivity contribution >= 4 is 17.5 Å². The van der Waals surface area contributed by atoms with Crippen molar-refractivity contribution in [3.8, 4) is 17.3 Å². The number of hydrogen-bond acceptors (Lipinski definition) is 6. The van der Waals surface area contributed by atoms with Crippen LogP contribution in [0.3, 0.4) is 0 Å². The molecule has 0 bridgehead atoms. The lowest BCUT2D eigenvalue weighted by Gasteiger charge is -2.07. The molecular weight excluding hydrogens is 338 g/mol. The average Bonchev–Trinajstić information content (AvgIpc) is 3.31. The Morgan fingerprint density at radius 1 is 1.27 bits per heavy atom. The van der Waals surface area contributed by atoms with E-state index in [0.29, 0.717) is 17.1 Å². The van der Waals surface area contributed by atoms with Crippen molar-refractivity contribution in [2.24, 2.45) is 0 Å². The summed E-state index contributed by atoms with van der Waals surface area (Å²) < 4.78 is 11.7. The van der Waals surface area contributed by atoms with E-state index < -0.39 is 11.5 Å². The number of benzene rings is 1. The second-order valence-electron chi connectivity index (χ2n) is 5.35. The van der Waals surface area contributed by atoms with Gasteiger partial charge in [0.2, 0.25) is 11.6 Å². The molecule has 0 saturated heterocycles. The Bertz CT molecular complexity index is 1130. The molecule has 26 heavy (non-hydrogen) atoms. The molecule has 4 rings (SSSR count). The molecule has 9 nitrogen and oxygen atoms in total. The number of furan rings is 1. The number of methoxy groups -OCH3 is 1. The number of nitrogens with one attached hydrogen (secondary N) is 2. The lowest BCUT2D eigenvalue weighted by atomic mass is 10.2. The SMILES string of the molecule is COc1ccc(C(=O)Nc2cc(=O)[nH]c3nc(-c4ccco4)nn23)cc1. The van der Waals surface area contributed by atoms with Gasteiger partial charge in [0.15, 0.2) is 5.76 Å². The summed E-state index contributed by atoms with van der Waals surface area (Å²) in [5.74, 6) is 1.36. The molecule has 1 amide bonds. The summed E-state index contributed by atoms with van der Waals surface area (Å²) in [5.41, 5.74) is -0.00784. The molecule has 4 aromatic rings. The molecule has 2 N–H and O–H groups in total. The first-order valence-corrected chi connectivity index (χ1v) is 7.63. The third-order valence-corrected chi connectivity index (χ3v) is 3.67. The molecule has 0 aliphatic carbocycles. The van der Waals surface area contributed by atoms with Crippen molar-refractivity contribution in [3.05, 3.63) is 64.6 Å². The Morgan fingerprint density at radius 2 is 2.08 bits per heavy atom. The van der Waals surface area contributed by atoms with E-state index in [4.69, 9.17) is 9.15 Å². The second-order valence-corrected chi connectivity index (χ2v) is 5.35. The fourth-order valence-corrected chi connectivity index (χ4v) is 2.42. The largest absolute Gasteiger partial charge is 0.497 e. The summed E-state index contributed by atoms with van der Waals surface area (Å²) in [6.45, 7) is 0. The van der Waals surface area contributed by atoms with Crippen LogP contribution >= 0.6 is 0 Å². The molecule has 1 aromatic carbocycles. The summed E-state index contributed by atoms with van der Waals surface area (Å²) in [7, 11) is 1.55. The molecule has 3 aromatic heterocycles. The van der Waals surface area contributed by atoms with Crippen LogP contribution in [0.1, 0.15) is 10.4 Å². The van der Waals surface area contributed by atoms with E-state index in [-0.39, 0.29) is 17.4 Å². The number of nitrogens with zero attached hydrogens (tertiary/aromatic N) is 3. The predicted octanol–water partition coefficient (Wildman–Crippen LogP) is 1.94. The highest BCUT2D eigenvalue weighted by Gasteiger charge is 2.15. The molecule has 0 unspecified atom stereocenters. The summed E-state index contributed by atoms with van der Waals surface area (Å²) in [5, 5.41) is 6.95. The number of rotatable bonds is 4. The van der Waals surface area contributed by atoms with Crippen LogP contribution in [0.25, 0.3) is 17.4 Å². The first-order chi connectivity index (χ1) is 12.6. The Kier molecular flexibility index (Phi) is 3.73. The van der Waals surface area contributed by atoms with Crippen LogP contribution < -0.4 is 15.6 Å². The van der Waals surface area contributed by atoms with E-state index in [2.05, 4.69) is 20.4 Å². The van der Waals surface area contributed by atoms with E-state index >= 15 is 0 Å². The number of aromatic amines is 1. The topological polar surface area (TPSA) is 115 Å². The van der Waals surface area contributed by atoms with Gasteiger partial charge in [0.1, 0.15) is 11.6 Å². The number of anilines is 1. The van der Waals surface area contributed by atoms with E-state index in [1.54, 1.807) is 43.5 Å². The summed E-state index contributed by atoms with van der Waals surface area (Å²) >= 11 is 0. The van der Waals surface area contributed by atoms with Crippen LogP contribution in [0.2, 0.25) is 0 Å². The van der Waals surface area contributed by atoms with Crippen LogP contribution in [0.5, 0.6) is 5.75 Å². The van der Waals surface area contributed by atoms with Gasteiger partial charge in [0.25, 0.3) is 11.5 Å². The Labute approximate surface area is 146 Å². The number of hydrogen-bond donors (Lipinski definition) is 2. The molecule has 0 radical (unpaired) electrons. The van der Waals surface area contributed by atoms with Crippen molar-refractivity contribution in [2.75, 3.05) is 12.4 Å². The van der Waals surface area contributed by atoms with Gasteiger partial charge in [-0.3, -0.25) is 14.6 Å². The summed E-state index contributed by atoms with van der Waals surface area (Å²) in [6, 6.07) is 11.2. The fraction of sp³-hybridized carbons (Fsp3) is 0.0588. The highest BCUT2D eigenvalue weighted by Crippen LogP contribution is 2.18. The first kappa shape index (κ1) is 15.6. The number of amides is 1. The van der Waals surface area contributed by atoms with Crippen LogP contribution in [0.4, 0.5) is 5.82 Å². The molecule has 3 heterocycles. The third kappa shape index (κ3) is 2.81. The molecule has 130 valence electrons. The molecule has 0 saturated carbocycles. The number of aromatic nitrogens is 4. The van der Waals surface area contributed by atoms with Gasteiger partial charge < -0.3 is 14.5 Å². The molecule has 0 atom stereocenters. The number of H-pyrrole nitrogens is 1. The standard InChI is InChI=1S/C17H13N5O4/c1-25-11-6-4-10(5-7-11)16(24)18-13-9-14(23)19-17-20-15(21-22(13)17)12-3-2-8-26-12/h2-9H,1H3,(H,18,24)(H,19,20,21,23). The van der Waals surface area contributed by atoms with Crippen LogP contribution in [-0.2, 0) is 0 Å². The number of carbonyl (C=O) groups excluding carboxylic acids is 1. The maximum atomic E-state index is 12.5. The van der Waals surface area contributed by atoms with E-state index in [9.17, 15) is 9.59 Å². The zero-order valence-electron chi connectivity index (χ0n) is 13.6. The van der Waals surface area contributed by atoms with Gasteiger partial charge in [-0.2, -0.15) is 9.50 Å². The zero-order chi connectivity index (χ0) is 18.1. The normalized spacial score (nSPS) is 10.8. The lowest BCUT2D eigenvalue weighted by molar-refractivity contribution is 0.102. The second kappa shape index (κ2) is 6.20. The monoisotopic (exact) mass is 351 g/mol. The van der Waals surface area contributed by atoms with Crippen molar-refractivity contribution in [2.45, 2.75) is 0 Å². The van der Waals surface area contributed by atoms with Crippen molar-refractivity contribution in [1.29, 1.82) is 0 Å². The number of carbonyl (C=O) groups is 1. The van der Waals surface area contributed by atoms with Gasteiger partial charge in [-0.05, 0) is 36.4 Å². The molecule has 0 aliphatic rings. The molecular formula is C17H13N5O4. The first-order valence-electron chi connectivity index (χ1n) is 7.63. The third-order valence-electron chi connectivity index (χ3n) is 3.67. The maximum absolute atomic E-state index is 12.5. The Hall–Kier alpha value is -3.88. The van der Waals surface area contributed by atoms with Crippen LogP contribution in [0, 0.1) is 0 Å². The minimum absolute atomic E-state index is 0.189. The number of fused-ring (bicyclic) bond motifs is 1. The van der Waals surface area contributed by atoms with Gasteiger partial charge in [0, 0.05) is 11.6 Å². The van der Waals surface area contributed by atoms with Crippen molar-refractivity contribution in [1.82, 2.24) is 19.6 Å². The van der Waals surface area contributed by atoms with Gasteiger partial charge in [-0.15, -0.1) is 5.10 Å². The summed E-state index contributed by atoms with van der Waals surface area (Å²) in [4.78, 5) is 31.1. The minimum Gasteiger partial charge on any atom is -0.497 e. The van der Waals surface area contributed by atoms with Crippen LogP contribution in [-0.4, -0.2) is 32.6 Å². The molecule has 0 spiro atoms. The smallest absolute Gasteiger partial charge is 0.256 e. The zero-order valence-corrected chi connectivity index (χ0v) is 13.6. The Balaban J connectivity index is 1.71. The lowest BCUT2D eigenvalue weighted by Crippen LogP contribution is -2.18. The minimum atomic E-state index is -0.416. The average molecular weight is 351 g/mol. The molecule has 9 heteroatoms. The van der Waals surface area contributed by atoms with E-state index in [0.717, 1.165) is 0 Å². The summed E-state index contributed by atoms with van der Waals surface area (Å²) in [6.07, 6.45) is 1.50. The van der Waals surface area contributed by atoms with Gasteiger partial charge in [-0.1, -0.05) is 0 Å². The molecule has 0 aliphatic heterocycles. The molecule has 0 fully saturated rings. The maximum Gasteiger partial charge on any atom is 0.256 e.